The average Bonchev–Trinajstić information content (AvgIpc) is 2.80. The molecule has 0 fully saturated rings. The summed E-state index contributed by atoms with van der Waals surface area (Å²) in [6.45, 7) is 2.02. The molecule has 0 aliphatic carbocycles. The summed E-state index contributed by atoms with van der Waals surface area (Å²) in [5.41, 5.74) is 2.40. The van der Waals surface area contributed by atoms with E-state index in [9.17, 15) is 18.0 Å². The zero-order valence-corrected chi connectivity index (χ0v) is 18.7. The number of nitrogens with one attached hydrogen (secondary N) is 2. The summed E-state index contributed by atoms with van der Waals surface area (Å²) in [6, 6.07) is 21.9. The molecule has 3 aromatic carbocycles. The third-order valence-corrected chi connectivity index (χ3v) is 6.64. The Kier molecular flexibility index (Phi) is 7.40. The van der Waals surface area contributed by atoms with Crippen molar-refractivity contribution in [3.05, 3.63) is 90.0 Å². The van der Waals surface area contributed by atoms with Gasteiger partial charge in [-0.2, -0.15) is 4.31 Å². The van der Waals surface area contributed by atoms with Gasteiger partial charge >= 0.3 is 0 Å². The molecule has 0 heterocycles. The zero-order valence-electron chi connectivity index (χ0n) is 17.9. The number of sulfonamides is 1. The van der Waals surface area contributed by atoms with Crippen LogP contribution in [0, 0.1) is 0 Å². The lowest BCUT2D eigenvalue weighted by molar-refractivity contribution is -0.115. The van der Waals surface area contributed by atoms with Crippen molar-refractivity contribution in [2.75, 3.05) is 17.7 Å². The number of carbonyl (C=O) groups excluding carboxylic acids is 2. The fraction of sp³-hybridized carbons (Fsp3) is 0.167. The van der Waals surface area contributed by atoms with E-state index in [1.54, 1.807) is 43.3 Å². The molecule has 0 spiro atoms. The molecule has 0 atom stereocenters. The van der Waals surface area contributed by atoms with Crippen LogP contribution in [-0.4, -0.2) is 31.6 Å². The SMILES string of the molecule is CCC(=O)Nc1ccc(C(=O)Nc2ccc(S(=O)(=O)N(C)Cc3ccccc3)cc2)cc1. The highest BCUT2D eigenvalue weighted by atomic mass is 32.2. The molecule has 0 aromatic heterocycles. The van der Waals surface area contributed by atoms with Gasteiger partial charge in [0.15, 0.2) is 0 Å². The molecule has 0 aliphatic heterocycles. The molecule has 3 aromatic rings. The highest BCUT2D eigenvalue weighted by molar-refractivity contribution is 7.89. The van der Waals surface area contributed by atoms with E-state index in [0.29, 0.717) is 23.4 Å². The van der Waals surface area contributed by atoms with Crippen LogP contribution in [0.5, 0.6) is 0 Å². The molecule has 3 rings (SSSR count). The first-order chi connectivity index (χ1) is 15.3. The van der Waals surface area contributed by atoms with E-state index in [1.165, 1.54) is 23.5 Å². The van der Waals surface area contributed by atoms with E-state index in [-0.39, 0.29) is 23.3 Å². The summed E-state index contributed by atoms with van der Waals surface area (Å²) >= 11 is 0. The maximum absolute atomic E-state index is 12.8. The molecule has 0 bridgehead atoms. The Bertz CT molecular complexity index is 1180. The number of hydrogen-bond acceptors (Lipinski definition) is 4. The van der Waals surface area contributed by atoms with E-state index < -0.39 is 10.0 Å². The van der Waals surface area contributed by atoms with Crippen molar-refractivity contribution in [2.24, 2.45) is 0 Å². The van der Waals surface area contributed by atoms with Crippen LogP contribution >= 0.6 is 0 Å². The van der Waals surface area contributed by atoms with Crippen molar-refractivity contribution in [2.45, 2.75) is 24.8 Å². The first-order valence-electron chi connectivity index (χ1n) is 10.1. The second-order valence-corrected chi connectivity index (χ2v) is 9.25. The minimum atomic E-state index is -3.67. The standard InChI is InChI=1S/C24H25N3O4S/c1-3-23(28)25-20-11-9-19(10-12-20)24(29)26-21-13-15-22(16-14-21)32(30,31)27(2)17-18-7-5-4-6-8-18/h4-16H,3,17H2,1-2H3,(H,25,28)(H,26,29). The number of rotatable bonds is 8. The van der Waals surface area contributed by atoms with E-state index in [1.807, 2.05) is 30.3 Å². The lowest BCUT2D eigenvalue weighted by Crippen LogP contribution is -2.26. The first-order valence-corrected chi connectivity index (χ1v) is 11.5. The zero-order chi connectivity index (χ0) is 23.1. The maximum atomic E-state index is 12.8. The van der Waals surface area contributed by atoms with Crippen LogP contribution < -0.4 is 10.6 Å². The summed E-state index contributed by atoms with van der Waals surface area (Å²) in [7, 11) is -2.13. The molecule has 2 amide bonds. The fourth-order valence-corrected chi connectivity index (χ4v) is 4.13. The van der Waals surface area contributed by atoms with Gasteiger partial charge in [-0.05, 0) is 54.1 Å². The van der Waals surface area contributed by atoms with Crippen LogP contribution in [0.3, 0.4) is 0 Å². The van der Waals surface area contributed by atoms with Gasteiger partial charge in [0.25, 0.3) is 5.91 Å². The van der Waals surface area contributed by atoms with Crippen molar-refractivity contribution in [3.63, 3.8) is 0 Å². The monoisotopic (exact) mass is 451 g/mol. The Balaban J connectivity index is 1.64. The van der Waals surface area contributed by atoms with E-state index in [0.717, 1.165) is 5.56 Å². The molecule has 7 nitrogen and oxygen atoms in total. The Morgan fingerprint density at radius 2 is 1.38 bits per heavy atom. The number of benzene rings is 3. The van der Waals surface area contributed by atoms with Crippen molar-refractivity contribution in [3.8, 4) is 0 Å². The minimum Gasteiger partial charge on any atom is -0.326 e. The van der Waals surface area contributed by atoms with E-state index in [4.69, 9.17) is 0 Å². The van der Waals surface area contributed by atoms with Gasteiger partial charge < -0.3 is 10.6 Å². The molecule has 0 saturated carbocycles. The predicted octanol–water partition coefficient (Wildman–Crippen LogP) is 4.11. The Morgan fingerprint density at radius 1 is 0.812 bits per heavy atom. The summed E-state index contributed by atoms with van der Waals surface area (Å²) in [6.07, 6.45) is 0.371. The van der Waals surface area contributed by atoms with Gasteiger partial charge in [0.05, 0.1) is 4.90 Å². The normalized spacial score (nSPS) is 11.2. The maximum Gasteiger partial charge on any atom is 0.255 e. The third kappa shape index (κ3) is 5.81. The van der Waals surface area contributed by atoms with Gasteiger partial charge in [0.2, 0.25) is 15.9 Å². The molecule has 2 N–H and O–H groups in total. The van der Waals surface area contributed by atoms with Gasteiger partial charge in [-0.25, -0.2) is 8.42 Å². The van der Waals surface area contributed by atoms with Crippen LogP contribution in [0.25, 0.3) is 0 Å². The molecular formula is C24H25N3O4S. The molecule has 0 saturated heterocycles. The molecule has 166 valence electrons. The summed E-state index contributed by atoms with van der Waals surface area (Å²) in [4.78, 5) is 24.1. The molecule has 32 heavy (non-hydrogen) atoms. The summed E-state index contributed by atoms with van der Waals surface area (Å²) < 4.78 is 26.9. The van der Waals surface area contributed by atoms with Crippen LogP contribution in [0.4, 0.5) is 11.4 Å². The van der Waals surface area contributed by atoms with Crippen LogP contribution in [0.15, 0.2) is 83.8 Å². The van der Waals surface area contributed by atoms with Gasteiger partial charge in [-0.15, -0.1) is 0 Å². The second-order valence-electron chi connectivity index (χ2n) is 7.20. The van der Waals surface area contributed by atoms with E-state index >= 15 is 0 Å². The third-order valence-electron chi connectivity index (χ3n) is 4.82. The van der Waals surface area contributed by atoms with Crippen LogP contribution in [-0.2, 0) is 21.4 Å². The summed E-state index contributed by atoms with van der Waals surface area (Å²) in [5.74, 6) is -0.443. The quantitative estimate of drug-likeness (QED) is 0.539. The van der Waals surface area contributed by atoms with E-state index in [2.05, 4.69) is 10.6 Å². The topological polar surface area (TPSA) is 95.6 Å². The number of nitrogens with zero attached hydrogens (tertiary/aromatic N) is 1. The van der Waals surface area contributed by atoms with Crippen molar-refractivity contribution in [1.82, 2.24) is 4.31 Å². The Labute approximate surface area is 188 Å². The van der Waals surface area contributed by atoms with Gasteiger partial charge in [0.1, 0.15) is 0 Å². The molecule has 0 radical (unpaired) electrons. The first kappa shape index (κ1) is 23.2. The van der Waals surface area contributed by atoms with Gasteiger partial charge in [-0.3, -0.25) is 9.59 Å². The smallest absolute Gasteiger partial charge is 0.255 e. The average molecular weight is 452 g/mol. The minimum absolute atomic E-state index is 0.105. The Hall–Kier alpha value is -3.49. The lowest BCUT2D eigenvalue weighted by atomic mass is 10.2. The molecule has 8 heteroatoms. The molecule has 0 unspecified atom stereocenters. The summed E-state index contributed by atoms with van der Waals surface area (Å²) in [5, 5.41) is 5.46. The number of hydrogen-bond donors (Lipinski definition) is 2. The predicted molar refractivity (Wildman–Crippen MR) is 125 cm³/mol. The largest absolute Gasteiger partial charge is 0.326 e. The lowest BCUT2D eigenvalue weighted by Gasteiger charge is -2.17. The molecule has 0 aliphatic rings. The van der Waals surface area contributed by atoms with Gasteiger partial charge in [-0.1, -0.05) is 37.3 Å². The Morgan fingerprint density at radius 3 is 1.97 bits per heavy atom. The second kappa shape index (κ2) is 10.2. The highest BCUT2D eigenvalue weighted by Crippen LogP contribution is 2.20. The van der Waals surface area contributed by atoms with Crippen molar-refractivity contribution >= 4 is 33.2 Å². The highest BCUT2D eigenvalue weighted by Gasteiger charge is 2.21. The fourth-order valence-electron chi connectivity index (χ4n) is 2.97. The van der Waals surface area contributed by atoms with Gasteiger partial charge in [0, 0.05) is 37.0 Å². The van der Waals surface area contributed by atoms with Crippen molar-refractivity contribution in [1.29, 1.82) is 0 Å². The van der Waals surface area contributed by atoms with Crippen LogP contribution in [0.2, 0.25) is 0 Å². The number of carbonyl (C=O) groups is 2. The number of amides is 2. The van der Waals surface area contributed by atoms with Crippen LogP contribution in [0.1, 0.15) is 29.3 Å². The number of anilines is 2. The van der Waals surface area contributed by atoms with Crippen molar-refractivity contribution < 1.29 is 18.0 Å². The molecular weight excluding hydrogens is 426 g/mol.